The standard InChI is InChI=1S/C18H22N4O/c1-14-4-3-5-15(12-14)18(23)20-16-6-7-17(19-13-16)22-10-8-21(2)9-11-22/h3-7,12-13H,8-11H2,1-2H3,(H,20,23). The molecule has 0 spiro atoms. The molecule has 0 radical (unpaired) electrons. The molecule has 2 heterocycles. The summed E-state index contributed by atoms with van der Waals surface area (Å²) in [6, 6.07) is 11.4. The average Bonchev–Trinajstić information content (AvgIpc) is 2.56. The molecule has 1 saturated heterocycles. The number of aryl methyl sites for hydroxylation is 1. The van der Waals surface area contributed by atoms with E-state index < -0.39 is 0 Å². The van der Waals surface area contributed by atoms with Crippen LogP contribution in [0.2, 0.25) is 0 Å². The number of carbonyl (C=O) groups is 1. The zero-order chi connectivity index (χ0) is 16.2. The summed E-state index contributed by atoms with van der Waals surface area (Å²) < 4.78 is 0. The number of carbonyl (C=O) groups excluding carboxylic acids is 1. The maximum absolute atomic E-state index is 12.2. The quantitative estimate of drug-likeness (QED) is 0.946. The Morgan fingerprint density at radius 2 is 1.91 bits per heavy atom. The van der Waals surface area contributed by atoms with Crippen molar-refractivity contribution in [3.05, 3.63) is 53.7 Å². The maximum Gasteiger partial charge on any atom is 0.255 e. The van der Waals surface area contributed by atoms with Gasteiger partial charge in [0.25, 0.3) is 5.91 Å². The molecule has 1 fully saturated rings. The number of anilines is 2. The predicted octanol–water partition coefficient (Wildman–Crippen LogP) is 2.39. The van der Waals surface area contributed by atoms with Crippen LogP contribution >= 0.6 is 0 Å². The summed E-state index contributed by atoms with van der Waals surface area (Å²) in [5, 5.41) is 2.89. The zero-order valence-corrected chi connectivity index (χ0v) is 13.6. The lowest BCUT2D eigenvalue weighted by atomic mass is 10.1. The van der Waals surface area contributed by atoms with Gasteiger partial charge in [0.1, 0.15) is 5.82 Å². The van der Waals surface area contributed by atoms with Crippen molar-refractivity contribution in [1.82, 2.24) is 9.88 Å². The molecule has 0 unspecified atom stereocenters. The minimum absolute atomic E-state index is 0.108. The van der Waals surface area contributed by atoms with Crippen LogP contribution in [0.5, 0.6) is 0 Å². The minimum Gasteiger partial charge on any atom is -0.354 e. The van der Waals surface area contributed by atoms with Crippen LogP contribution in [-0.4, -0.2) is 49.0 Å². The van der Waals surface area contributed by atoms with Crippen molar-refractivity contribution < 1.29 is 4.79 Å². The topological polar surface area (TPSA) is 48.5 Å². The van der Waals surface area contributed by atoms with E-state index in [1.54, 1.807) is 6.20 Å². The van der Waals surface area contributed by atoms with Gasteiger partial charge < -0.3 is 15.1 Å². The first-order valence-corrected chi connectivity index (χ1v) is 7.89. The highest BCUT2D eigenvalue weighted by Gasteiger charge is 2.15. The van der Waals surface area contributed by atoms with Gasteiger partial charge in [0.2, 0.25) is 0 Å². The van der Waals surface area contributed by atoms with Crippen molar-refractivity contribution in [1.29, 1.82) is 0 Å². The van der Waals surface area contributed by atoms with Gasteiger partial charge in [-0.25, -0.2) is 4.98 Å². The highest BCUT2D eigenvalue weighted by Crippen LogP contribution is 2.16. The number of hydrogen-bond acceptors (Lipinski definition) is 4. The normalized spacial score (nSPS) is 15.5. The number of likely N-dealkylation sites (N-methyl/N-ethyl adjacent to an activating group) is 1. The van der Waals surface area contributed by atoms with Crippen LogP contribution in [0, 0.1) is 6.92 Å². The van der Waals surface area contributed by atoms with Crippen LogP contribution in [-0.2, 0) is 0 Å². The summed E-state index contributed by atoms with van der Waals surface area (Å²) in [4.78, 5) is 21.3. The molecule has 1 N–H and O–H groups in total. The molecule has 5 nitrogen and oxygen atoms in total. The summed E-state index contributed by atoms with van der Waals surface area (Å²) in [7, 11) is 2.13. The van der Waals surface area contributed by atoms with Crippen molar-refractivity contribution in [2.75, 3.05) is 43.4 Å². The largest absolute Gasteiger partial charge is 0.354 e. The lowest BCUT2D eigenvalue weighted by molar-refractivity contribution is 0.102. The number of benzene rings is 1. The molecule has 1 aromatic carbocycles. The average molecular weight is 310 g/mol. The zero-order valence-electron chi connectivity index (χ0n) is 13.6. The van der Waals surface area contributed by atoms with Crippen molar-refractivity contribution in [3.8, 4) is 0 Å². The third-order valence-corrected chi connectivity index (χ3v) is 4.11. The highest BCUT2D eigenvalue weighted by atomic mass is 16.1. The van der Waals surface area contributed by atoms with E-state index in [1.807, 2.05) is 43.3 Å². The molecular formula is C18H22N4O. The van der Waals surface area contributed by atoms with Gasteiger partial charge >= 0.3 is 0 Å². The first-order chi connectivity index (χ1) is 11.1. The van der Waals surface area contributed by atoms with E-state index in [0.29, 0.717) is 5.56 Å². The fourth-order valence-corrected chi connectivity index (χ4v) is 2.67. The van der Waals surface area contributed by atoms with E-state index in [9.17, 15) is 4.79 Å². The Morgan fingerprint density at radius 3 is 2.57 bits per heavy atom. The molecule has 120 valence electrons. The van der Waals surface area contributed by atoms with Gasteiger partial charge in [0.15, 0.2) is 0 Å². The molecule has 1 aromatic heterocycles. The molecule has 3 rings (SSSR count). The molecular weight excluding hydrogens is 288 g/mol. The third-order valence-electron chi connectivity index (χ3n) is 4.11. The van der Waals surface area contributed by atoms with Crippen molar-refractivity contribution in [2.45, 2.75) is 6.92 Å². The monoisotopic (exact) mass is 310 g/mol. The summed E-state index contributed by atoms with van der Waals surface area (Å²) in [6.07, 6.45) is 1.72. The van der Waals surface area contributed by atoms with Gasteiger partial charge in [-0.3, -0.25) is 4.79 Å². The van der Waals surface area contributed by atoms with Gasteiger partial charge in [-0.2, -0.15) is 0 Å². The van der Waals surface area contributed by atoms with E-state index in [-0.39, 0.29) is 5.91 Å². The first kappa shape index (κ1) is 15.5. The molecule has 2 aromatic rings. The van der Waals surface area contributed by atoms with E-state index in [2.05, 4.69) is 27.1 Å². The number of rotatable bonds is 3. The molecule has 1 aliphatic heterocycles. The molecule has 1 amide bonds. The van der Waals surface area contributed by atoms with Crippen LogP contribution in [0.1, 0.15) is 15.9 Å². The van der Waals surface area contributed by atoms with Crippen LogP contribution in [0.15, 0.2) is 42.6 Å². The van der Waals surface area contributed by atoms with E-state index in [0.717, 1.165) is 43.2 Å². The van der Waals surface area contributed by atoms with Crippen molar-refractivity contribution in [2.24, 2.45) is 0 Å². The molecule has 0 bridgehead atoms. The molecule has 5 heteroatoms. The first-order valence-electron chi connectivity index (χ1n) is 7.89. The number of amides is 1. The Bertz CT molecular complexity index is 676. The molecule has 1 aliphatic rings. The second-order valence-corrected chi connectivity index (χ2v) is 6.02. The second kappa shape index (κ2) is 6.79. The Hall–Kier alpha value is -2.40. The Labute approximate surface area is 136 Å². The fourth-order valence-electron chi connectivity index (χ4n) is 2.67. The van der Waals surface area contributed by atoms with Crippen LogP contribution in [0.4, 0.5) is 11.5 Å². The van der Waals surface area contributed by atoms with Gasteiger partial charge in [0, 0.05) is 31.7 Å². The lowest BCUT2D eigenvalue weighted by Gasteiger charge is -2.33. The number of piperazine rings is 1. The SMILES string of the molecule is Cc1cccc(C(=O)Nc2ccc(N3CCN(C)CC3)nc2)c1. The summed E-state index contributed by atoms with van der Waals surface area (Å²) >= 11 is 0. The Kier molecular flexibility index (Phi) is 4.57. The summed E-state index contributed by atoms with van der Waals surface area (Å²) in [5.74, 6) is 0.856. The Balaban J connectivity index is 1.64. The van der Waals surface area contributed by atoms with Gasteiger partial charge in [-0.05, 0) is 38.2 Å². The highest BCUT2D eigenvalue weighted by molar-refractivity contribution is 6.04. The predicted molar refractivity (Wildman–Crippen MR) is 93.1 cm³/mol. The summed E-state index contributed by atoms with van der Waals surface area (Å²) in [5.41, 5.74) is 2.45. The van der Waals surface area contributed by atoms with Gasteiger partial charge in [-0.1, -0.05) is 17.7 Å². The van der Waals surface area contributed by atoms with Crippen molar-refractivity contribution in [3.63, 3.8) is 0 Å². The third kappa shape index (κ3) is 3.87. The number of hydrogen-bond donors (Lipinski definition) is 1. The van der Waals surface area contributed by atoms with Crippen LogP contribution in [0.25, 0.3) is 0 Å². The smallest absolute Gasteiger partial charge is 0.255 e. The number of aromatic nitrogens is 1. The lowest BCUT2D eigenvalue weighted by Crippen LogP contribution is -2.44. The molecule has 0 atom stereocenters. The maximum atomic E-state index is 12.2. The molecule has 0 aliphatic carbocycles. The molecule has 23 heavy (non-hydrogen) atoms. The van der Waals surface area contributed by atoms with E-state index >= 15 is 0 Å². The number of pyridine rings is 1. The van der Waals surface area contributed by atoms with Gasteiger partial charge in [0.05, 0.1) is 11.9 Å². The van der Waals surface area contributed by atoms with E-state index in [4.69, 9.17) is 0 Å². The Morgan fingerprint density at radius 1 is 1.13 bits per heavy atom. The van der Waals surface area contributed by atoms with Crippen molar-refractivity contribution >= 4 is 17.4 Å². The number of nitrogens with zero attached hydrogens (tertiary/aromatic N) is 3. The summed E-state index contributed by atoms with van der Waals surface area (Å²) in [6.45, 7) is 6.04. The van der Waals surface area contributed by atoms with E-state index in [1.165, 1.54) is 0 Å². The number of nitrogens with one attached hydrogen (secondary N) is 1. The van der Waals surface area contributed by atoms with Crippen LogP contribution < -0.4 is 10.2 Å². The second-order valence-electron chi connectivity index (χ2n) is 6.02. The molecule has 0 saturated carbocycles. The van der Waals surface area contributed by atoms with Crippen LogP contribution in [0.3, 0.4) is 0 Å². The minimum atomic E-state index is -0.108. The van der Waals surface area contributed by atoms with Gasteiger partial charge in [-0.15, -0.1) is 0 Å². The fraction of sp³-hybridized carbons (Fsp3) is 0.333.